The van der Waals surface area contributed by atoms with Crippen LogP contribution >= 0.6 is 0 Å². The number of nitrogens with one attached hydrogen (secondary N) is 1. The molecule has 0 fully saturated rings. The lowest BCUT2D eigenvalue weighted by Crippen LogP contribution is -2.11. The Labute approximate surface area is 140 Å². The third-order valence-electron chi connectivity index (χ3n) is 4.14. The van der Waals surface area contributed by atoms with Crippen LogP contribution in [0.3, 0.4) is 0 Å². The molecule has 0 unspecified atom stereocenters. The van der Waals surface area contributed by atoms with Gasteiger partial charge in [-0.1, -0.05) is 74.6 Å². The van der Waals surface area contributed by atoms with Crippen LogP contribution in [0.2, 0.25) is 0 Å². The minimum atomic E-state index is -0.243. The summed E-state index contributed by atoms with van der Waals surface area (Å²) in [6.07, 6.45) is 7.26. The minimum absolute atomic E-state index is 0.243. The van der Waals surface area contributed by atoms with E-state index in [2.05, 4.69) is 27.2 Å². The molecular weight excluding hydrogens is 302 g/mol. The van der Waals surface area contributed by atoms with E-state index in [1.54, 1.807) is 4.68 Å². The summed E-state index contributed by atoms with van der Waals surface area (Å²) < 4.78 is 1.75. The highest BCUT2D eigenvalue weighted by atomic mass is 16.1. The first kappa shape index (κ1) is 16.4. The lowest BCUT2D eigenvalue weighted by molar-refractivity contribution is 0.524. The maximum absolute atomic E-state index is 12.2. The molecule has 126 valence electrons. The summed E-state index contributed by atoms with van der Waals surface area (Å²) in [5, 5.41) is 8.10. The molecule has 6 nitrogen and oxygen atoms in total. The van der Waals surface area contributed by atoms with Gasteiger partial charge in [0.1, 0.15) is 5.82 Å². The summed E-state index contributed by atoms with van der Waals surface area (Å²) in [4.78, 5) is 19.6. The SMILES string of the molecule is CCCCCCCCn1nnc2c(=O)[nH]c(-c3ccccc3)nc21. The number of aromatic nitrogens is 5. The highest BCUT2D eigenvalue weighted by Gasteiger charge is 2.12. The lowest BCUT2D eigenvalue weighted by Gasteiger charge is -2.04. The highest BCUT2D eigenvalue weighted by Crippen LogP contribution is 2.15. The lowest BCUT2D eigenvalue weighted by atomic mass is 10.1. The number of H-pyrrole nitrogens is 1. The quantitative estimate of drug-likeness (QED) is 0.643. The number of hydrogen-bond acceptors (Lipinski definition) is 4. The summed E-state index contributed by atoms with van der Waals surface area (Å²) in [7, 11) is 0. The normalized spacial score (nSPS) is 11.2. The smallest absolute Gasteiger partial charge is 0.281 e. The van der Waals surface area contributed by atoms with Gasteiger partial charge in [-0.05, 0) is 6.42 Å². The van der Waals surface area contributed by atoms with E-state index >= 15 is 0 Å². The van der Waals surface area contributed by atoms with Gasteiger partial charge in [0.2, 0.25) is 0 Å². The van der Waals surface area contributed by atoms with Gasteiger partial charge >= 0.3 is 0 Å². The molecule has 2 heterocycles. The molecule has 1 aromatic carbocycles. The Morgan fingerprint density at radius 1 is 1.04 bits per heavy atom. The minimum Gasteiger partial charge on any atom is -0.304 e. The van der Waals surface area contributed by atoms with Gasteiger partial charge in [-0.25, -0.2) is 9.67 Å². The third kappa shape index (κ3) is 3.69. The van der Waals surface area contributed by atoms with Crippen LogP contribution in [0.5, 0.6) is 0 Å². The van der Waals surface area contributed by atoms with Gasteiger partial charge in [0, 0.05) is 12.1 Å². The molecule has 3 rings (SSSR count). The Morgan fingerprint density at radius 2 is 1.79 bits per heavy atom. The fraction of sp³-hybridized carbons (Fsp3) is 0.444. The van der Waals surface area contributed by atoms with Crippen molar-refractivity contribution in [2.75, 3.05) is 0 Å². The van der Waals surface area contributed by atoms with E-state index in [-0.39, 0.29) is 5.56 Å². The van der Waals surface area contributed by atoms with Crippen molar-refractivity contribution in [1.82, 2.24) is 25.0 Å². The van der Waals surface area contributed by atoms with Crippen LogP contribution in [0.1, 0.15) is 45.4 Å². The maximum Gasteiger partial charge on any atom is 0.281 e. The van der Waals surface area contributed by atoms with Gasteiger partial charge in [0.25, 0.3) is 5.56 Å². The Bertz CT molecular complexity index is 837. The first-order valence-corrected chi connectivity index (χ1v) is 8.68. The second-order valence-electron chi connectivity index (χ2n) is 6.03. The van der Waals surface area contributed by atoms with Crippen LogP contribution in [0.15, 0.2) is 35.1 Å². The fourth-order valence-electron chi connectivity index (χ4n) is 2.79. The number of unbranched alkanes of at least 4 members (excludes halogenated alkanes) is 5. The average Bonchev–Trinajstić information content (AvgIpc) is 3.02. The largest absolute Gasteiger partial charge is 0.304 e. The Hall–Kier alpha value is -2.50. The standard InChI is InChI=1S/C18H23N5O/c1-2-3-4-5-6-10-13-23-17-15(21-22-23)18(24)20-16(19-17)14-11-8-7-9-12-14/h7-9,11-12H,2-6,10,13H2,1H3,(H,19,20,24). The van der Waals surface area contributed by atoms with Crippen LogP contribution < -0.4 is 5.56 Å². The zero-order valence-corrected chi connectivity index (χ0v) is 14.0. The number of hydrogen-bond donors (Lipinski definition) is 1. The van der Waals surface area contributed by atoms with Gasteiger partial charge in [-0.2, -0.15) is 0 Å². The third-order valence-corrected chi connectivity index (χ3v) is 4.14. The molecule has 3 aromatic rings. The van der Waals surface area contributed by atoms with Crippen molar-refractivity contribution in [2.24, 2.45) is 0 Å². The second-order valence-corrected chi connectivity index (χ2v) is 6.03. The molecule has 0 amide bonds. The number of fused-ring (bicyclic) bond motifs is 1. The van der Waals surface area contributed by atoms with E-state index in [1.807, 2.05) is 30.3 Å². The summed E-state index contributed by atoms with van der Waals surface area (Å²) in [5.74, 6) is 0.555. The van der Waals surface area contributed by atoms with Crippen LogP contribution in [0.25, 0.3) is 22.6 Å². The molecule has 0 bridgehead atoms. The average molecular weight is 325 g/mol. The zero-order chi connectivity index (χ0) is 16.8. The second kappa shape index (κ2) is 7.86. The molecular formula is C18H23N5O. The molecule has 0 saturated carbocycles. The number of aryl methyl sites for hydroxylation is 1. The zero-order valence-electron chi connectivity index (χ0n) is 14.0. The molecule has 0 saturated heterocycles. The molecule has 0 aliphatic carbocycles. The number of benzene rings is 1. The summed E-state index contributed by atoms with van der Waals surface area (Å²) >= 11 is 0. The maximum atomic E-state index is 12.2. The van der Waals surface area contributed by atoms with Crippen LogP contribution in [-0.4, -0.2) is 25.0 Å². The number of rotatable bonds is 8. The van der Waals surface area contributed by atoms with Crippen LogP contribution in [0.4, 0.5) is 0 Å². The number of aromatic amines is 1. The van der Waals surface area contributed by atoms with Gasteiger partial charge in [0.05, 0.1) is 0 Å². The molecule has 2 aromatic heterocycles. The molecule has 24 heavy (non-hydrogen) atoms. The van der Waals surface area contributed by atoms with Crippen molar-refractivity contribution in [3.8, 4) is 11.4 Å². The van der Waals surface area contributed by atoms with Crippen molar-refractivity contribution < 1.29 is 0 Å². The molecule has 0 radical (unpaired) electrons. The number of nitrogens with zero attached hydrogens (tertiary/aromatic N) is 4. The van der Waals surface area contributed by atoms with Crippen molar-refractivity contribution in [2.45, 2.75) is 52.0 Å². The van der Waals surface area contributed by atoms with Crippen LogP contribution in [0, 0.1) is 0 Å². The van der Waals surface area contributed by atoms with Crippen molar-refractivity contribution in [1.29, 1.82) is 0 Å². The molecule has 0 atom stereocenters. The first-order chi connectivity index (χ1) is 11.8. The predicted molar refractivity (Wildman–Crippen MR) is 94.8 cm³/mol. The first-order valence-electron chi connectivity index (χ1n) is 8.68. The van der Waals surface area contributed by atoms with E-state index in [4.69, 9.17) is 0 Å². The van der Waals surface area contributed by atoms with E-state index in [0.29, 0.717) is 17.0 Å². The van der Waals surface area contributed by atoms with Crippen molar-refractivity contribution in [3.63, 3.8) is 0 Å². The fourth-order valence-corrected chi connectivity index (χ4v) is 2.79. The van der Waals surface area contributed by atoms with Crippen LogP contribution in [-0.2, 0) is 6.54 Å². The topological polar surface area (TPSA) is 76.5 Å². The summed E-state index contributed by atoms with van der Waals surface area (Å²) in [6.45, 7) is 2.96. The van der Waals surface area contributed by atoms with Gasteiger partial charge in [-0.3, -0.25) is 4.79 Å². The Balaban J connectivity index is 1.77. The Kier molecular flexibility index (Phi) is 5.36. The summed E-state index contributed by atoms with van der Waals surface area (Å²) in [6, 6.07) is 9.62. The monoisotopic (exact) mass is 325 g/mol. The molecule has 0 aliphatic rings. The predicted octanol–water partition coefficient (Wildman–Crippen LogP) is 3.54. The molecule has 0 spiro atoms. The molecule has 0 aliphatic heterocycles. The molecule has 6 heteroatoms. The van der Waals surface area contributed by atoms with Gasteiger partial charge in [-0.15, -0.1) is 5.10 Å². The highest BCUT2D eigenvalue weighted by molar-refractivity contribution is 5.71. The van der Waals surface area contributed by atoms with E-state index in [9.17, 15) is 4.79 Å². The van der Waals surface area contributed by atoms with E-state index in [0.717, 1.165) is 24.9 Å². The van der Waals surface area contributed by atoms with E-state index in [1.165, 1.54) is 25.7 Å². The van der Waals surface area contributed by atoms with E-state index < -0.39 is 0 Å². The van der Waals surface area contributed by atoms with Crippen molar-refractivity contribution in [3.05, 3.63) is 40.7 Å². The molecule has 1 N–H and O–H groups in total. The van der Waals surface area contributed by atoms with Gasteiger partial charge in [0.15, 0.2) is 11.2 Å². The summed E-state index contributed by atoms with van der Waals surface area (Å²) in [5.41, 5.74) is 1.50. The Morgan fingerprint density at radius 3 is 2.58 bits per heavy atom. The van der Waals surface area contributed by atoms with Crippen molar-refractivity contribution >= 4 is 11.2 Å². The van der Waals surface area contributed by atoms with Gasteiger partial charge < -0.3 is 4.98 Å².